The molecule has 1 saturated heterocycles. The maximum atomic E-state index is 12.1. The van der Waals surface area contributed by atoms with E-state index >= 15 is 0 Å². The summed E-state index contributed by atoms with van der Waals surface area (Å²) in [6.07, 6.45) is 2.13. The molecule has 0 aromatic heterocycles. The lowest BCUT2D eigenvalue weighted by atomic mass is 10.2. The molecule has 0 saturated carbocycles. The lowest BCUT2D eigenvalue weighted by molar-refractivity contribution is -0.113. The van der Waals surface area contributed by atoms with Crippen molar-refractivity contribution in [3.05, 3.63) is 24.3 Å². The largest absolute Gasteiger partial charge is 0.435 e. The monoisotopic (exact) mass is 316 g/mol. The van der Waals surface area contributed by atoms with Gasteiger partial charge in [0.1, 0.15) is 5.75 Å². The van der Waals surface area contributed by atoms with Gasteiger partial charge in [-0.2, -0.15) is 8.78 Å². The SMILES string of the molecule is O=C(CSC1CCNCC1)Nc1cccc(OC(F)F)c1. The maximum absolute atomic E-state index is 12.1. The Morgan fingerprint density at radius 2 is 2.19 bits per heavy atom. The van der Waals surface area contributed by atoms with E-state index in [-0.39, 0.29) is 11.7 Å². The summed E-state index contributed by atoms with van der Waals surface area (Å²) in [5.74, 6) is 0.270. The third-order valence-electron chi connectivity index (χ3n) is 3.08. The molecule has 1 aliphatic rings. The fourth-order valence-corrected chi connectivity index (χ4v) is 3.13. The van der Waals surface area contributed by atoms with Crippen LogP contribution in [0.2, 0.25) is 0 Å². The number of alkyl halides is 2. The number of thioether (sulfide) groups is 1. The molecule has 21 heavy (non-hydrogen) atoms. The highest BCUT2D eigenvalue weighted by Gasteiger charge is 2.15. The van der Waals surface area contributed by atoms with Gasteiger partial charge in [-0.15, -0.1) is 11.8 Å². The topological polar surface area (TPSA) is 50.4 Å². The van der Waals surface area contributed by atoms with Crippen LogP contribution in [0.3, 0.4) is 0 Å². The van der Waals surface area contributed by atoms with Crippen molar-refractivity contribution in [2.45, 2.75) is 24.7 Å². The Morgan fingerprint density at radius 3 is 2.90 bits per heavy atom. The average Bonchev–Trinajstić information content (AvgIpc) is 2.46. The number of anilines is 1. The van der Waals surface area contributed by atoms with Crippen LogP contribution in [0.1, 0.15) is 12.8 Å². The molecule has 0 spiro atoms. The van der Waals surface area contributed by atoms with Gasteiger partial charge in [0.25, 0.3) is 0 Å². The summed E-state index contributed by atoms with van der Waals surface area (Å²) < 4.78 is 28.5. The molecule has 1 aromatic carbocycles. The van der Waals surface area contributed by atoms with E-state index in [0.29, 0.717) is 16.7 Å². The summed E-state index contributed by atoms with van der Waals surface area (Å²) in [4.78, 5) is 11.9. The summed E-state index contributed by atoms with van der Waals surface area (Å²) in [5.41, 5.74) is 0.462. The highest BCUT2D eigenvalue weighted by atomic mass is 32.2. The number of carbonyl (C=O) groups is 1. The zero-order valence-electron chi connectivity index (χ0n) is 11.5. The van der Waals surface area contributed by atoms with Gasteiger partial charge in [-0.3, -0.25) is 4.79 Å². The van der Waals surface area contributed by atoms with E-state index in [1.807, 2.05) is 0 Å². The molecule has 0 bridgehead atoms. The first-order chi connectivity index (χ1) is 10.1. The molecular weight excluding hydrogens is 298 g/mol. The Labute approximate surface area is 126 Å². The van der Waals surface area contributed by atoms with Crippen LogP contribution in [0, 0.1) is 0 Å². The summed E-state index contributed by atoms with van der Waals surface area (Å²) in [6.45, 7) is -0.884. The summed E-state index contributed by atoms with van der Waals surface area (Å²) in [7, 11) is 0. The lowest BCUT2D eigenvalue weighted by Crippen LogP contribution is -2.30. The van der Waals surface area contributed by atoms with Crippen molar-refractivity contribution in [1.82, 2.24) is 5.32 Å². The summed E-state index contributed by atoms with van der Waals surface area (Å²) in [6, 6.07) is 6.02. The predicted octanol–water partition coefficient (Wildman–Crippen LogP) is 2.71. The normalized spacial score (nSPS) is 16.0. The van der Waals surface area contributed by atoms with Crippen LogP contribution >= 0.6 is 11.8 Å². The van der Waals surface area contributed by atoms with Crippen LogP contribution in [0.15, 0.2) is 24.3 Å². The Kier molecular flexibility index (Phi) is 6.25. The summed E-state index contributed by atoms with van der Waals surface area (Å²) in [5, 5.41) is 6.47. The molecule has 1 fully saturated rings. The van der Waals surface area contributed by atoms with Crippen molar-refractivity contribution in [3.8, 4) is 5.75 Å². The Bertz CT molecular complexity index is 468. The third kappa shape index (κ3) is 5.89. The predicted molar refractivity (Wildman–Crippen MR) is 80.1 cm³/mol. The molecule has 0 atom stereocenters. The van der Waals surface area contributed by atoms with Gasteiger partial charge in [0, 0.05) is 17.0 Å². The lowest BCUT2D eigenvalue weighted by Gasteiger charge is -2.21. The minimum Gasteiger partial charge on any atom is -0.435 e. The van der Waals surface area contributed by atoms with Gasteiger partial charge >= 0.3 is 6.61 Å². The second kappa shape index (κ2) is 8.19. The van der Waals surface area contributed by atoms with E-state index in [1.54, 1.807) is 23.9 Å². The van der Waals surface area contributed by atoms with Gasteiger partial charge in [-0.05, 0) is 38.1 Å². The molecule has 0 unspecified atom stereocenters. The molecule has 1 heterocycles. The first-order valence-corrected chi connectivity index (χ1v) is 7.85. The van der Waals surface area contributed by atoms with Gasteiger partial charge < -0.3 is 15.4 Å². The zero-order chi connectivity index (χ0) is 15.1. The smallest absolute Gasteiger partial charge is 0.387 e. The van der Waals surface area contributed by atoms with Crippen LogP contribution in [0.5, 0.6) is 5.75 Å². The fraction of sp³-hybridized carbons (Fsp3) is 0.500. The molecule has 0 radical (unpaired) electrons. The standard InChI is InChI=1S/C14H18F2N2O2S/c15-14(16)20-11-3-1-2-10(8-11)18-13(19)9-21-12-4-6-17-7-5-12/h1-3,8,12,14,17H,4-7,9H2,(H,18,19). The number of rotatable bonds is 6. The Hall–Kier alpha value is -1.34. The highest BCUT2D eigenvalue weighted by Crippen LogP contribution is 2.22. The quantitative estimate of drug-likeness (QED) is 0.847. The van der Waals surface area contributed by atoms with Crippen LogP contribution < -0.4 is 15.4 Å². The van der Waals surface area contributed by atoms with E-state index in [1.165, 1.54) is 12.1 Å². The minimum atomic E-state index is -2.87. The number of hydrogen-bond donors (Lipinski definition) is 2. The number of halogens is 2. The second-order valence-corrected chi connectivity index (χ2v) is 6.00. The van der Waals surface area contributed by atoms with Gasteiger partial charge in [0.05, 0.1) is 5.75 Å². The number of amides is 1. The molecule has 1 aliphatic heterocycles. The first kappa shape index (κ1) is 16.0. The zero-order valence-corrected chi connectivity index (χ0v) is 12.3. The molecule has 2 rings (SSSR count). The Morgan fingerprint density at radius 1 is 1.43 bits per heavy atom. The second-order valence-electron chi connectivity index (χ2n) is 4.71. The number of ether oxygens (including phenoxy) is 1. The first-order valence-electron chi connectivity index (χ1n) is 6.80. The Balaban J connectivity index is 1.78. The minimum absolute atomic E-state index is 0.0359. The van der Waals surface area contributed by atoms with E-state index in [2.05, 4.69) is 15.4 Å². The van der Waals surface area contributed by atoms with E-state index in [9.17, 15) is 13.6 Å². The number of benzene rings is 1. The van der Waals surface area contributed by atoms with Crippen molar-refractivity contribution in [2.24, 2.45) is 0 Å². The van der Waals surface area contributed by atoms with E-state index in [4.69, 9.17) is 0 Å². The fourth-order valence-electron chi connectivity index (χ4n) is 2.10. The third-order valence-corrected chi connectivity index (χ3v) is 4.45. The highest BCUT2D eigenvalue weighted by molar-refractivity contribution is 8.00. The number of piperidine rings is 1. The molecule has 1 aromatic rings. The summed E-state index contributed by atoms with van der Waals surface area (Å²) >= 11 is 1.64. The van der Waals surface area contributed by atoms with Crippen molar-refractivity contribution in [3.63, 3.8) is 0 Å². The number of nitrogens with one attached hydrogen (secondary N) is 2. The van der Waals surface area contributed by atoms with Crippen LogP contribution in [0.4, 0.5) is 14.5 Å². The van der Waals surface area contributed by atoms with Crippen LogP contribution in [0.25, 0.3) is 0 Å². The molecular formula is C14H18F2N2O2S. The van der Waals surface area contributed by atoms with Gasteiger partial charge in [-0.25, -0.2) is 0 Å². The molecule has 7 heteroatoms. The van der Waals surface area contributed by atoms with Gasteiger partial charge in [0.2, 0.25) is 5.91 Å². The number of hydrogen-bond acceptors (Lipinski definition) is 4. The van der Waals surface area contributed by atoms with E-state index < -0.39 is 6.61 Å². The average molecular weight is 316 g/mol. The van der Waals surface area contributed by atoms with Crippen LogP contribution in [-0.4, -0.2) is 36.6 Å². The molecule has 1 amide bonds. The maximum Gasteiger partial charge on any atom is 0.387 e. The van der Waals surface area contributed by atoms with Gasteiger partial charge in [-0.1, -0.05) is 6.07 Å². The molecule has 2 N–H and O–H groups in total. The van der Waals surface area contributed by atoms with Crippen molar-refractivity contribution >= 4 is 23.4 Å². The molecule has 116 valence electrons. The van der Waals surface area contributed by atoms with Gasteiger partial charge in [0.15, 0.2) is 0 Å². The van der Waals surface area contributed by atoms with Crippen molar-refractivity contribution < 1.29 is 18.3 Å². The van der Waals surface area contributed by atoms with Crippen molar-refractivity contribution in [1.29, 1.82) is 0 Å². The molecule has 4 nitrogen and oxygen atoms in total. The van der Waals surface area contributed by atoms with Crippen molar-refractivity contribution in [2.75, 3.05) is 24.2 Å². The number of carbonyl (C=O) groups excluding carboxylic acids is 1. The van der Waals surface area contributed by atoms with Crippen LogP contribution in [-0.2, 0) is 4.79 Å². The van der Waals surface area contributed by atoms with E-state index in [0.717, 1.165) is 25.9 Å². The molecule has 0 aliphatic carbocycles.